The molecule has 0 aromatic heterocycles. The largest absolute Gasteiger partial charge is 0.366 e. The number of thioether (sulfide) groups is 1. The number of hydrogen-bond donors (Lipinski definition) is 1. The molecule has 20 heavy (non-hydrogen) atoms. The van der Waals surface area contributed by atoms with Crippen molar-refractivity contribution in [2.75, 3.05) is 31.0 Å². The molecule has 1 rings (SSSR count). The number of rotatable bonds is 6. The van der Waals surface area contributed by atoms with Gasteiger partial charge in [0.1, 0.15) is 5.69 Å². The lowest BCUT2D eigenvalue weighted by Gasteiger charge is -2.26. The van der Waals surface area contributed by atoms with Crippen molar-refractivity contribution in [1.82, 2.24) is 5.32 Å². The van der Waals surface area contributed by atoms with Gasteiger partial charge in [-0.3, -0.25) is 14.9 Å². The van der Waals surface area contributed by atoms with Crippen LogP contribution in [0.2, 0.25) is 0 Å². The monoisotopic (exact) mass is 297 g/mol. The van der Waals surface area contributed by atoms with Crippen molar-refractivity contribution in [3.8, 4) is 0 Å². The van der Waals surface area contributed by atoms with E-state index in [2.05, 4.69) is 5.32 Å². The third-order valence-electron chi connectivity index (χ3n) is 3.11. The van der Waals surface area contributed by atoms with Crippen LogP contribution in [0.25, 0.3) is 0 Å². The molecule has 0 aliphatic heterocycles. The molecule has 0 heterocycles. The quantitative estimate of drug-likeness (QED) is 0.643. The molecule has 0 fully saturated rings. The first-order chi connectivity index (χ1) is 9.42. The summed E-state index contributed by atoms with van der Waals surface area (Å²) in [6, 6.07) is 4.70. The topological polar surface area (TPSA) is 75.5 Å². The third-order valence-corrected chi connectivity index (χ3v) is 3.93. The number of nitro benzene ring substituents is 1. The molecule has 0 radical (unpaired) electrons. The first-order valence-corrected chi connectivity index (χ1v) is 7.54. The van der Waals surface area contributed by atoms with Crippen molar-refractivity contribution in [2.45, 2.75) is 13.0 Å². The van der Waals surface area contributed by atoms with E-state index in [9.17, 15) is 14.9 Å². The average Bonchev–Trinajstić information content (AvgIpc) is 2.45. The Balaban J connectivity index is 3.20. The highest BCUT2D eigenvalue weighted by Gasteiger charge is 2.22. The molecule has 110 valence electrons. The van der Waals surface area contributed by atoms with Crippen LogP contribution in [0, 0.1) is 10.1 Å². The van der Waals surface area contributed by atoms with Crippen LogP contribution in [0.4, 0.5) is 11.4 Å². The van der Waals surface area contributed by atoms with Crippen LogP contribution in [0.15, 0.2) is 18.2 Å². The molecule has 0 bridgehead atoms. The van der Waals surface area contributed by atoms with Crippen molar-refractivity contribution < 1.29 is 9.72 Å². The van der Waals surface area contributed by atoms with E-state index < -0.39 is 4.92 Å². The molecule has 7 heteroatoms. The van der Waals surface area contributed by atoms with E-state index in [4.69, 9.17) is 0 Å². The zero-order chi connectivity index (χ0) is 15.3. The van der Waals surface area contributed by atoms with Crippen LogP contribution in [-0.4, -0.2) is 43.0 Å². The average molecular weight is 297 g/mol. The molecule has 1 aromatic rings. The third kappa shape index (κ3) is 3.63. The first kappa shape index (κ1) is 16.3. The molecule has 0 saturated heterocycles. The van der Waals surface area contributed by atoms with Gasteiger partial charge in [-0.2, -0.15) is 11.8 Å². The number of nitrogens with one attached hydrogen (secondary N) is 1. The zero-order valence-electron chi connectivity index (χ0n) is 12.0. The highest BCUT2D eigenvalue weighted by molar-refractivity contribution is 7.98. The number of amides is 1. The Bertz CT molecular complexity index is 508. The lowest BCUT2D eigenvalue weighted by Crippen LogP contribution is -2.31. The number of carbonyl (C=O) groups is 1. The van der Waals surface area contributed by atoms with Crippen molar-refractivity contribution in [2.24, 2.45) is 0 Å². The molecule has 1 unspecified atom stereocenters. The van der Waals surface area contributed by atoms with E-state index in [0.29, 0.717) is 5.69 Å². The van der Waals surface area contributed by atoms with Crippen molar-refractivity contribution in [3.63, 3.8) is 0 Å². The molecule has 1 N–H and O–H groups in total. The summed E-state index contributed by atoms with van der Waals surface area (Å²) >= 11 is 1.68. The minimum Gasteiger partial charge on any atom is -0.366 e. The highest BCUT2D eigenvalue weighted by atomic mass is 32.2. The lowest BCUT2D eigenvalue weighted by molar-refractivity contribution is -0.384. The van der Waals surface area contributed by atoms with Gasteiger partial charge in [-0.1, -0.05) is 0 Å². The van der Waals surface area contributed by atoms with E-state index in [0.717, 1.165) is 5.75 Å². The summed E-state index contributed by atoms with van der Waals surface area (Å²) in [7, 11) is 3.32. The van der Waals surface area contributed by atoms with Crippen LogP contribution < -0.4 is 10.2 Å². The number of hydrogen-bond acceptors (Lipinski definition) is 5. The molecule has 0 aliphatic carbocycles. The van der Waals surface area contributed by atoms with Gasteiger partial charge < -0.3 is 10.2 Å². The summed E-state index contributed by atoms with van der Waals surface area (Å²) in [4.78, 5) is 24.2. The van der Waals surface area contributed by atoms with E-state index in [1.54, 1.807) is 23.9 Å². The van der Waals surface area contributed by atoms with Gasteiger partial charge in [0.15, 0.2) is 0 Å². The highest BCUT2D eigenvalue weighted by Crippen LogP contribution is 2.30. The summed E-state index contributed by atoms with van der Waals surface area (Å²) in [6.07, 6.45) is 1.99. The van der Waals surface area contributed by atoms with Crippen molar-refractivity contribution >= 4 is 29.0 Å². The van der Waals surface area contributed by atoms with Crippen LogP contribution >= 0.6 is 11.8 Å². The Hall–Kier alpha value is -1.76. The SMILES string of the molecule is CNC(=O)c1ccc(N(C)C(C)CSC)c([N+](=O)[O-])c1. The summed E-state index contributed by atoms with van der Waals surface area (Å²) in [5.41, 5.74) is 0.750. The number of nitro groups is 1. The van der Waals surface area contributed by atoms with Gasteiger partial charge in [0, 0.05) is 37.5 Å². The standard InChI is InChI=1S/C13H19N3O3S/c1-9(8-20-4)15(3)11-6-5-10(13(17)14-2)7-12(11)16(18)19/h5-7,9H,8H2,1-4H3,(H,14,17). The molecule has 0 saturated carbocycles. The van der Waals surface area contributed by atoms with Crippen LogP contribution in [0.3, 0.4) is 0 Å². The predicted molar refractivity (Wildman–Crippen MR) is 82.7 cm³/mol. The second-order valence-electron chi connectivity index (χ2n) is 4.45. The van der Waals surface area contributed by atoms with Crippen LogP contribution in [0.5, 0.6) is 0 Å². The molecular weight excluding hydrogens is 278 g/mol. The normalized spacial score (nSPS) is 11.8. The molecule has 1 aromatic carbocycles. The van der Waals surface area contributed by atoms with Gasteiger partial charge in [0.05, 0.1) is 4.92 Å². The summed E-state index contributed by atoms with van der Waals surface area (Å²) < 4.78 is 0. The number of carbonyl (C=O) groups excluding carboxylic acids is 1. The number of benzene rings is 1. The Kier molecular flexibility index (Phi) is 5.82. The fourth-order valence-corrected chi connectivity index (χ4v) is 2.55. The van der Waals surface area contributed by atoms with Gasteiger partial charge in [0.2, 0.25) is 0 Å². The van der Waals surface area contributed by atoms with Gasteiger partial charge in [-0.15, -0.1) is 0 Å². The summed E-state index contributed by atoms with van der Waals surface area (Å²) in [5, 5.41) is 13.7. The Labute approximate surface area is 122 Å². The van der Waals surface area contributed by atoms with Crippen LogP contribution in [-0.2, 0) is 0 Å². The van der Waals surface area contributed by atoms with E-state index >= 15 is 0 Å². The second kappa shape index (κ2) is 7.14. The fourth-order valence-electron chi connectivity index (χ4n) is 1.84. The molecule has 6 nitrogen and oxygen atoms in total. The minimum absolute atomic E-state index is 0.0541. The van der Waals surface area contributed by atoms with Gasteiger partial charge in [-0.25, -0.2) is 0 Å². The minimum atomic E-state index is -0.454. The maximum Gasteiger partial charge on any atom is 0.293 e. The lowest BCUT2D eigenvalue weighted by atomic mass is 10.1. The molecule has 0 spiro atoms. The first-order valence-electron chi connectivity index (χ1n) is 6.14. The molecular formula is C13H19N3O3S. The maximum absolute atomic E-state index is 11.6. The Morgan fingerprint density at radius 1 is 1.55 bits per heavy atom. The van der Waals surface area contributed by atoms with Crippen LogP contribution in [0.1, 0.15) is 17.3 Å². The zero-order valence-corrected chi connectivity index (χ0v) is 12.9. The van der Waals surface area contributed by atoms with E-state index in [1.165, 1.54) is 13.1 Å². The van der Waals surface area contributed by atoms with Crippen molar-refractivity contribution in [3.05, 3.63) is 33.9 Å². The number of anilines is 1. The summed E-state index contributed by atoms with van der Waals surface area (Å²) in [5.74, 6) is 0.532. The molecule has 0 aliphatic rings. The fraction of sp³-hybridized carbons (Fsp3) is 0.462. The van der Waals surface area contributed by atoms with Gasteiger partial charge in [-0.05, 0) is 25.3 Å². The van der Waals surface area contributed by atoms with Crippen molar-refractivity contribution in [1.29, 1.82) is 0 Å². The summed E-state index contributed by atoms with van der Waals surface area (Å²) in [6.45, 7) is 2.01. The van der Waals surface area contributed by atoms with E-state index in [-0.39, 0.29) is 23.2 Å². The number of nitrogens with zero attached hydrogens (tertiary/aromatic N) is 2. The second-order valence-corrected chi connectivity index (χ2v) is 5.37. The Morgan fingerprint density at radius 3 is 2.70 bits per heavy atom. The smallest absolute Gasteiger partial charge is 0.293 e. The van der Waals surface area contributed by atoms with Gasteiger partial charge in [0.25, 0.3) is 11.6 Å². The molecule has 1 atom stereocenters. The Morgan fingerprint density at radius 2 is 2.20 bits per heavy atom. The predicted octanol–water partition coefficient (Wildman–Crippen LogP) is 2.14. The van der Waals surface area contributed by atoms with E-state index in [1.807, 2.05) is 25.1 Å². The maximum atomic E-state index is 11.6. The molecule has 1 amide bonds. The van der Waals surface area contributed by atoms with Gasteiger partial charge >= 0.3 is 0 Å².